The first-order valence-corrected chi connectivity index (χ1v) is 7.40. The van der Waals surface area contributed by atoms with Gasteiger partial charge in [-0.3, -0.25) is 14.6 Å². The van der Waals surface area contributed by atoms with Gasteiger partial charge in [0, 0.05) is 29.6 Å². The minimum absolute atomic E-state index is 0.00548. The quantitative estimate of drug-likeness (QED) is 0.748. The average Bonchev–Trinajstić information content (AvgIpc) is 2.95. The molecule has 1 aromatic carbocycles. The van der Waals surface area contributed by atoms with Crippen molar-refractivity contribution < 1.29 is 9.59 Å². The van der Waals surface area contributed by atoms with Crippen LogP contribution in [0.5, 0.6) is 0 Å². The van der Waals surface area contributed by atoms with Crippen LogP contribution in [0.4, 0.5) is 0 Å². The predicted molar refractivity (Wildman–Crippen MR) is 84.2 cm³/mol. The van der Waals surface area contributed by atoms with Crippen LogP contribution < -0.4 is 0 Å². The highest BCUT2D eigenvalue weighted by atomic mass is 35.5. The van der Waals surface area contributed by atoms with E-state index in [0.29, 0.717) is 28.4 Å². The Labute approximate surface area is 133 Å². The molecule has 1 atom stereocenters. The van der Waals surface area contributed by atoms with Gasteiger partial charge in [-0.25, -0.2) is 4.90 Å². The molecule has 0 aromatic heterocycles. The van der Waals surface area contributed by atoms with Crippen molar-refractivity contribution in [3.05, 3.63) is 46.0 Å². The maximum absolute atomic E-state index is 12.2. The summed E-state index contributed by atoms with van der Waals surface area (Å²) in [5, 5.41) is 6.85. The van der Waals surface area contributed by atoms with Crippen LogP contribution in [0.1, 0.15) is 31.9 Å². The van der Waals surface area contributed by atoms with Gasteiger partial charge in [-0.2, -0.15) is 5.10 Å². The summed E-state index contributed by atoms with van der Waals surface area (Å²) in [4.78, 5) is 25.7. The summed E-state index contributed by atoms with van der Waals surface area (Å²) in [6, 6.07) is 7.51. The Kier molecular flexibility index (Phi) is 3.53. The highest BCUT2D eigenvalue weighted by Gasteiger charge is 2.40. The van der Waals surface area contributed by atoms with E-state index in [4.69, 9.17) is 11.6 Å². The van der Waals surface area contributed by atoms with E-state index in [1.54, 1.807) is 18.9 Å². The van der Waals surface area contributed by atoms with Gasteiger partial charge in [-0.15, -0.1) is 0 Å². The van der Waals surface area contributed by atoms with Gasteiger partial charge in [0.25, 0.3) is 11.8 Å². The van der Waals surface area contributed by atoms with E-state index in [1.165, 1.54) is 4.90 Å². The normalized spacial score (nSPS) is 22.0. The zero-order chi connectivity index (χ0) is 16.0. The molecule has 2 aliphatic rings. The van der Waals surface area contributed by atoms with Crippen molar-refractivity contribution in [2.24, 2.45) is 5.10 Å². The molecule has 22 heavy (non-hydrogen) atoms. The molecule has 0 saturated carbocycles. The number of halogens is 1. The largest absolute Gasteiger partial charge is 0.290 e. The van der Waals surface area contributed by atoms with Crippen molar-refractivity contribution in [1.82, 2.24) is 9.91 Å². The van der Waals surface area contributed by atoms with Crippen molar-refractivity contribution >= 4 is 29.3 Å². The monoisotopic (exact) mass is 317 g/mol. The molecule has 5 nitrogen and oxygen atoms in total. The van der Waals surface area contributed by atoms with Crippen molar-refractivity contribution in [3.8, 4) is 0 Å². The second-order valence-electron chi connectivity index (χ2n) is 5.56. The summed E-state index contributed by atoms with van der Waals surface area (Å²) in [6.07, 6.45) is 0.510. The predicted octanol–water partition coefficient (Wildman–Crippen LogP) is 2.74. The number of hydrogen-bond acceptors (Lipinski definition) is 4. The van der Waals surface area contributed by atoms with E-state index in [2.05, 4.69) is 5.10 Å². The van der Waals surface area contributed by atoms with Gasteiger partial charge in [0.05, 0.1) is 6.04 Å². The van der Waals surface area contributed by atoms with Crippen LogP contribution in [0.25, 0.3) is 0 Å². The Morgan fingerprint density at radius 1 is 1.09 bits per heavy atom. The third-order valence-electron chi connectivity index (χ3n) is 4.22. The van der Waals surface area contributed by atoms with E-state index in [1.807, 2.05) is 31.3 Å². The Morgan fingerprint density at radius 2 is 1.64 bits per heavy atom. The molecular weight excluding hydrogens is 302 g/mol. The molecule has 1 unspecified atom stereocenters. The third kappa shape index (κ3) is 2.22. The van der Waals surface area contributed by atoms with Crippen LogP contribution >= 0.6 is 11.6 Å². The highest BCUT2D eigenvalue weighted by molar-refractivity contribution is 6.30. The standard InChI is InChI=1S/C16H16ClN3O2/c1-9-10(2)16(22)20(15(9)21)14-8-13(19(3)18-14)11-4-6-12(17)7-5-11/h4-7,13H,8H2,1-3H3. The van der Waals surface area contributed by atoms with Crippen molar-refractivity contribution in [2.75, 3.05) is 7.05 Å². The maximum Gasteiger partial charge on any atom is 0.262 e. The van der Waals surface area contributed by atoms with Crippen molar-refractivity contribution in [1.29, 1.82) is 0 Å². The summed E-state index contributed by atoms with van der Waals surface area (Å²) in [6.45, 7) is 3.34. The molecule has 2 heterocycles. The molecule has 0 N–H and O–H groups in total. The highest BCUT2D eigenvalue weighted by Crippen LogP contribution is 2.33. The first-order chi connectivity index (χ1) is 10.4. The Hall–Kier alpha value is -2.14. The molecule has 0 bridgehead atoms. The molecule has 2 aliphatic heterocycles. The van der Waals surface area contributed by atoms with Crippen LogP contribution in [0.3, 0.4) is 0 Å². The van der Waals surface area contributed by atoms with E-state index in [-0.39, 0.29) is 17.9 Å². The van der Waals surface area contributed by atoms with Crippen LogP contribution in [0.2, 0.25) is 5.02 Å². The fraction of sp³-hybridized carbons (Fsp3) is 0.312. The van der Waals surface area contributed by atoms with Crippen LogP contribution in [-0.2, 0) is 9.59 Å². The van der Waals surface area contributed by atoms with Gasteiger partial charge in [-0.1, -0.05) is 23.7 Å². The lowest BCUT2D eigenvalue weighted by Crippen LogP contribution is -2.36. The first-order valence-electron chi connectivity index (χ1n) is 7.02. The molecule has 114 valence electrons. The smallest absolute Gasteiger partial charge is 0.262 e. The molecule has 0 aliphatic carbocycles. The van der Waals surface area contributed by atoms with Crippen LogP contribution in [0, 0.1) is 0 Å². The molecule has 0 radical (unpaired) electrons. The summed E-state index contributed by atoms with van der Waals surface area (Å²) < 4.78 is 0. The lowest BCUT2D eigenvalue weighted by atomic mass is 10.0. The van der Waals surface area contributed by atoms with Gasteiger partial charge in [0.1, 0.15) is 5.84 Å². The van der Waals surface area contributed by atoms with Crippen molar-refractivity contribution in [3.63, 3.8) is 0 Å². The molecule has 6 heteroatoms. The van der Waals surface area contributed by atoms with E-state index in [0.717, 1.165) is 5.56 Å². The Balaban J connectivity index is 1.84. The summed E-state index contributed by atoms with van der Waals surface area (Å²) in [7, 11) is 1.84. The fourth-order valence-electron chi connectivity index (χ4n) is 2.74. The summed E-state index contributed by atoms with van der Waals surface area (Å²) in [5.41, 5.74) is 2.03. The molecule has 0 spiro atoms. The summed E-state index contributed by atoms with van der Waals surface area (Å²) >= 11 is 5.91. The Bertz CT molecular complexity index is 697. The van der Waals surface area contributed by atoms with Gasteiger partial charge in [0.2, 0.25) is 0 Å². The molecule has 3 rings (SSSR count). The maximum atomic E-state index is 12.2. The zero-order valence-corrected chi connectivity index (χ0v) is 13.4. The second-order valence-corrected chi connectivity index (χ2v) is 5.99. The molecular formula is C16H16ClN3O2. The van der Waals surface area contributed by atoms with Crippen molar-refractivity contribution in [2.45, 2.75) is 26.3 Å². The van der Waals surface area contributed by atoms with Crippen LogP contribution in [-0.4, -0.2) is 34.6 Å². The number of nitrogens with zero attached hydrogens (tertiary/aromatic N) is 3. The van der Waals surface area contributed by atoms with Gasteiger partial charge in [0.15, 0.2) is 0 Å². The van der Waals surface area contributed by atoms with E-state index >= 15 is 0 Å². The third-order valence-corrected chi connectivity index (χ3v) is 4.48. The number of carbonyl (C=O) groups is 2. The minimum atomic E-state index is -0.272. The number of benzene rings is 1. The fourth-order valence-corrected chi connectivity index (χ4v) is 2.86. The topological polar surface area (TPSA) is 53.0 Å². The molecule has 0 fully saturated rings. The Morgan fingerprint density at radius 3 is 2.18 bits per heavy atom. The molecule has 0 saturated heterocycles. The zero-order valence-electron chi connectivity index (χ0n) is 12.6. The first kappa shape index (κ1) is 14.8. The number of amides is 2. The minimum Gasteiger partial charge on any atom is -0.290 e. The van der Waals surface area contributed by atoms with E-state index in [9.17, 15) is 9.59 Å². The summed E-state index contributed by atoms with van der Waals surface area (Å²) in [5.74, 6) is -0.0496. The lowest BCUT2D eigenvalue weighted by molar-refractivity contribution is -0.132. The molecule has 2 amide bonds. The SMILES string of the molecule is CC1=C(C)C(=O)N(C2=NN(C)C(c3ccc(Cl)cc3)C2)C1=O. The number of hydrazone groups is 1. The lowest BCUT2D eigenvalue weighted by Gasteiger charge is -2.18. The number of amidine groups is 1. The van der Waals surface area contributed by atoms with E-state index < -0.39 is 0 Å². The molecule has 1 aromatic rings. The number of rotatable bonds is 1. The number of hydrogen-bond donors (Lipinski definition) is 0. The average molecular weight is 318 g/mol. The van der Waals surface area contributed by atoms with Gasteiger partial charge >= 0.3 is 0 Å². The van der Waals surface area contributed by atoms with Gasteiger partial charge in [-0.05, 0) is 31.5 Å². The van der Waals surface area contributed by atoms with Crippen LogP contribution in [0.15, 0.2) is 40.5 Å². The second kappa shape index (κ2) is 5.25. The van der Waals surface area contributed by atoms with Gasteiger partial charge < -0.3 is 0 Å². The number of carbonyl (C=O) groups excluding carboxylic acids is 2. The number of imide groups is 1.